The Hall–Kier alpha value is -2.94. The average Bonchev–Trinajstić information content (AvgIpc) is 2.79. The Morgan fingerprint density at radius 1 is 1.00 bits per heavy atom. The summed E-state index contributed by atoms with van der Waals surface area (Å²) in [6.45, 7) is 8.30. The van der Waals surface area contributed by atoms with Gasteiger partial charge in [0.15, 0.2) is 0 Å². The zero-order chi connectivity index (χ0) is 26.2. The Bertz CT molecular complexity index is 1090. The quantitative estimate of drug-likeness (QED) is 0.475. The number of anilines is 1. The Morgan fingerprint density at radius 2 is 1.60 bits per heavy atom. The van der Waals surface area contributed by atoms with E-state index >= 15 is 0 Å². The second-order valence-electron chi connectivity index (χ2n) is 9.24. The number of rotatable bonds is 12. The average molecular weight is 506 g/mol. The van der Waals surface area contributed by atoms with Crippen LogP contribution in [0.3, 0.4) is 0 Å². The van der Waals surface area contributed by atoms with Crippen molar-refractivity contribution < 1.29 is 22.4 Å². The number of sulfonamides is 1. The molecule has 7 nitrogen and oxygen atoms in total. The van der Waals surface area contributed by atoms with Gasteiger partial charge < -0.3 is 10.2 Å². The van der Waals surface area contributed by atoms with Crippen LogP contribution in [-0.4, -0.2) is 50.5 Å². The minimum absolute atomic E-state index is 0.0564. The van der Waals surface area contributed by atoms with Crippen LogP contribution < -0.4 is 9.62 Å². The highest BCUT2D eigenvalue weighted by Gasteiger charge is 2.26. The zero-order valence-electron chi connectivity index (χ0n) is 21.1. The third kappa shape index (κ3) is 8.98. The highest BCUT2D eigenvalue weighted by atomic mass is 32.2. The molecule has 0 bridgehead atoms. The van der Waals surface area contributed by atoms with Gasteiger partial charge in [0.1, 0.15) is 11.9 Å². The molecule has 0 heterocycles. The summed E-state index contributed by atoms with van der Waals surface area (Å²) in [5.74, 6) is -0.673. The van der Waals surface area contributed by atoms with Crippen LogP contribution in [0.15, 0.2) is 48.5 Å². The fraction of sp³-hybridized carbons (Fsp3) is 0.462. The van der Waals surface area contributed by atoms with E-state index in [1.165, 1.54) is 21.3 Å². The lowest BCUT2D eigenvalue weighted by atomic mass is 10.1. The third-order valence-corrected chi connectivity index (χ3v) is 6.79. The molecule has 0 radical (unpaired) electrons. The largest absolute Gasteiger partial charge is 0.354 e. The van der Waals surface area contributed by atoms with Gasteiger partial charge in [0.25, 0.3) is 0 Å². The van der Waals surface area contributed by atoms with Crippen LogP contribution in [0.4, 0.5) is 10.1 Å². The topological polar surface area (TPSA) is 86.8 Å². The molecular weight excluding hydrogens is 469 g/mol. The Morgan fingerprint density at radius 3 is 2.14 bits per heavy atom. The molecule has 0 spiro atoms. The molecule has 0 aromatic heterocycles. The Kier molecular flexibility index (Phi) is 10.2. The van der Waals surface area contributed by atoms with E-state index in [0.717, 1.165) is 11.8 Å². The van der Waals surface area contributed by atoms with Crippen LogP contribution in [0.2, 0.25) is 0 Å². The number of aryl methyl sites for hydroxylation is 1. The maximum absolute atomic E-state index is 13.3. The molecule has 0 aliphatic carbocycles. The summed E-state index contributed by atoms with van der Waals surface area (Å²) < 4.78 is 39.4. The van der Waals surface area contributed by atoms with Crippen molar-refractivity contribution in [3.63, 3.8) is 0 Å². The van der Waals surface area contributed by atoms with Gasteiger partial charge in [-0.1, -0.05) is 43.7 Å². The SMILES string of the molecule is Cc1ccc(N(CCCC(=O)N(Cc2ccc(F)cc2)[C@@H](C)C(=O)NCC(C)C)S(C)(=O)=O)cc1. The molecule has 0 saturated heterocycles. The predicted octanol–water partition coefficient (Wildman–Crippen LogP) is 3.87. The number of nitrogens with one attached hydrogen (secondary N) is 1. The van der Waals surface area contributed by atoms with Gasteiger partial charge in [-0.25, -0.2) is 12.8 Å². The summed E-state index contributed by atoms with van der Waals surface area (Å²) in [6, 6.07) is 12.2. The van der Waals surface area contributed by atoms with Crippen LogP contribution in [0.25, 0.3) is 0 Å². The molecule has 0 fully saturated rings. The molecule has 35 heavy (non-hydrogen) atoms. The molecule has 2 aromatic carbocycles. The minimum atomic E-state index is -3.54. The maximum Gasteiger partial charge on any atom is 0.242 e. The molecular formula is C26H36FN3O4S. The lowest BCUT2D eigenvalue weighted by molar-refractivity contribution is -0.140. The molecule has 1 atom stereocenters. The number of amides is 2. The van der Waals surface area contributed by atoms with Crippen molar-refractivity contribution in [3.8, 4) is 0 Å². The molecule has 0 unspecified atom stereocenters. The first kappa shape index (κ1) is 28.3. The maximum atomic E-state index is 13.3. The minimum Gasteiger partial charge on any atom is -0.354 e. The number of hydrogen-bond donors (Lipinski definition) is 1. The number of hydrogen-bond acceptors (Lipinski definition) is 4. The summed E-state index contributed by atoms with van der Waals surface area (Å²) in [7, 11) is -3.54. The van der Waals surface area contributed by atoms with E-state index in [0.29, 0.717) is 17.8 Å². The fourth-order valence-corrected chi connectivity index (χ4v) is 4.50. The van der Waals surface area contributed by atoms with Gasteiger partial charge >= 0.3 is 0 Å². The second kappa shape index (κ2) is 12.7. The van der Waals surface area contributed by atoms with Crippen molar-refractivity contribution in [1.82, 2.24) is 10.2 Å². The van der Waals surface area contributed by atoms with Gasteiger partial charge in [0.05, 0.1) is 11.9 Å². The van der Waals surface area contributed by atoms with Gasteiger partial charge in [-0.15, -0.1) is 0 Å². The standard InChI is InChI=1S/C26H36FN3O4S/c1-19(2)17-28-26(32)21(4)29(18-22-10-12-23(27)13-11-22)25(31)7-6-16-30(35(5,33)34)24-14-8-20(3)9-15-24/h8-15,19,21H,6-7,16-18H2,1-5H3,(H,28,32)/t21-/m0/s1. The molecule has 2 amide bonds. The Labute approximate surface area is 208 Å². The molecule has 192 valence electrons. The molecule has 0 saturated carbocycles. The van der Waals surface area contributed by atoms with Crippen molar-refractivity contribution in [1.29, 1.82) is 0 Å². The van der Waals surface area contributed by atoms with Crippen LogP contribution in [-0.2, 0) is 26.2 Å². The van der Waals surface area contributed by atoms with E-state index in [9.17, 15) is 22.4 Å². The highest BCUT2D eigenvalue weighted by molar-refractivity contribution is 7.92. The lowest BCUT2D eigenvalue weighted by Crippen LogP contribution is -2.48. The summed E-state index contributed by atoms with van der Waals surface area (Å²) in [6.07, 6.45) is 1.47. The normalized spacial score (nSPS) is 12.3. The molecule has 2 aromatic rings. The summed E-state index contributed by atoms with van der Waals surface area (Å²) >= 11 is 0. The van der Waals surface area contributed by atoms with Crippen LogP contribution in [0, 0.1) is 18.7 Å². The van der Waals surface area contributed by atoms with Crippen LogP contribution >= 0.6 is 0 Å². The van der Waals surface area contributed by atoms with E-state index in [2.05, 4.69) is 5.32 Å². The number of benzene rings is 2. The van der Waals surface area contributed by atoms with E-state index in [-0.39, 0.29) is 49.5 Å². The monoisotopic (exact) mass is 505 g/mol. The van der Waals surface area contributed by atoms with E-state index < -0.39 is 16.1 Å². The van der Waals surface area contributed by atoms with E-state index in [1.54, 1.807) is 31.2 Å². The number of carbonyl (C=O) groups is 2. The third-order valence-electron chi connectivity index (χ3n) is 5.59. The van der Waals surface area contributed by atoms with Gasteiger partial charge in [0.2, 0.25) is 21.8 Å². The molecule has 9 heteroatoms. The van der Waals surface area contributed by atoms with Gasteiger partial charge in [-0.3, -0.25) is 13.9 Å². The second-order valence-corrected chi connectivity index (χ2v) is 11.1. The van der Waals surface area contributed by atoms with Crippen molar-refractivity contribution in [2.45, 2.75) is 53.1 Å². The number of carbonyl (C=O) groups excluding carboxylic acids is 2. The lowest BCUT2D eigenvalue weighted by Gasteiger charge is -2.29. The first-order valence-corrected chi connectivity index (χ1v) is 13.6. The predicted molar refractivity (Wildman–Crippen MR) is 137 cm³/mol. The van der Waals surface area contributed by atoms with Crippen molar-refractivity contribution in [2.75, 3.05) is 23.7 Å². The summed E-state index contributed by atoms with van der Waals surface area (Å²) in [4.78, 5) is 27.4. The zero-order valence-corrected chi connectivity index (χ0v) is 21.9. The summed E-state index contributed by atoms with van der Waals surface area (Å²) in [5, 5.41) is 2.85. The van der Waals surface area contributed by atoms with Crippen LogP contribution in [0.1, 0.15) is 44.7 Å². The van der Waals surface area contributed by atoms with Crippen molar-refractivity contribution in [2.24, 2.45) is 5.92 Å². The van der Waals surface area contributed by atoms with Crippen molar-refractivity contribution >= 4 is 27.5 Å². The molecule has 1 N–H and O–H groups in total. The molecule has 2 rings (SSSR count). The Balaban J connectivity index is 2.14. The fourth-order valence-electron chi connectivity index (χ4n) is 3.54. The molecule has 0 aliphatic heterocycles. The van der Waals surface area contributed by atoms with Gasteiger partial charge in [0, 0.05) is 26.1 Å². The van der Waals surface area contributed by atoms with E-state index in [1.807, 2.05) is 32.9 Å². The number of nitrogens with zero attached hydrogens (tertiary/aromatic N) is 2. The summed E-state index contributed by atoms with van der Waals surface area (Å²) in [5.41, 5.74) is 2.24. The van der Waals surface area contributed by atoms with Gasteiger partial charge in [-0.2, -0.15) is 0 Å². The number of halogens is 1. The van der Waals surface area contributed by atoms with Crippen molar-refractivity contribution in [3.05, 3.63) is 65.5 Å². The highest BCUT2D eigenvalue weighted by Crippen LogP contribution is 2.20. The van der Waals surface area contributed by atoms with Crippen LogP contribution in [0.5, 0.6) is 0 Å². The van der Waals surface area contributed by atoms with E-state index in [4.69, 9.17) is 0 Å². The molecule has 0 aliphatic rings. The first-order chi connectivity index (χ1) is 16.4. The smallest absolute Gasteiger partial charge is 0.242 e. The van der Waals surface area contributed by atoms with Gasteiger partial charge in [-0.05, 0) is 56.0 Å². The first-order valence-electron chi connectivity index (χ1n) is 11.7.